The Morgan fingerprint density at radius 1 is 1.00 bits per heavy atom. The van der Waals surface area contributed by atoms with Gasteiger partial charge in [0, 0.05) is 30.5 Å². The summed E-state index contributed by atoms with van der Waals surface area (Å²) >= 11 is 0. The third-order valence-corrected chi connectivity index (χ3v) is 5.41. The molecule has 1 unspecified atom stereocenters. The first-order valence-electron chi connectivity index (χ1n) is 9.73. The van der Waals surface area contributed by atoms with E-state index in [9.17, 15) is 0 Å². The maximum atomic E-state index is 5.59. The summed E-state index contributed by atoms with van der Waals surface area (Å²) in [6.45, 7) is 2.47. The number of ether oxygens (including phenoxy) is 1. The van der Waals surface area contributed by atoms with Gasteiger partial charge in [0.1, 0.15) is 5.75 Å². The number of benzene rings is 2. The first kappa shape index (κ1) is 17.7. The highest BCUT2D eigenvalue weighted by atomic mass is 16.5. The normalized spacial score (nSPS) is 16.5. The van der Waals surface area contributed by atoms with Gasteiger partial charge in [-0.05, 0) is 42.0 Å². The van der Waals surface area contributed by atoms with Crippen LogP contribution in [-0.2, 0) is 13.1 Å². The summed E-state index contributed by atoms with van der Waals surface area (Å²) in [5.41, 5.74) is 3.47. The van der Waals surface area contributed by atoms with Crippen LogP contribution in [0.2, 0.25) is 0 Å². The zero-order valence-electron chi connectivity index (χ0n) is 16.2. The van der Waals surface area contributed by atoms with Gasteiger partial charge in [0.05, 0.1) is 19.7 Å². The molecule has 1 aliphatic rings. The molecule has 0 N–H and O–H groups in total. The zero-order valence-corrected chi connectivity index (χ0v) is 16.2. The lowest BCUT2D eigenvalue weighted by Gasteiger charge is -2.36. The Hall–Kier alpha value is -3.38. The monoisotopic (exact) mass is 386 g/mol. The average Bonchev–Trinajstić information content (AvgIpc) is 3.44. The third-order valence-electron chi connectivity index (χ3n) is 5.41. The van der Waals surface area contributed by atoms with Crippen LogP contribution in [0.1, 0.15) is 23.2 Å². The highest BCUT2D eigenvalue weighted by molar-refractivity contribution is 5.55. The van der Waals surface area contributed by atoms with Gasteiger partial charge in [-0.15, -0.1) is 0 Å². The minimum atomic E-state index is 0.163. The van der Waals surface area contributed by atoms with Crippen molar-refractivity contribution in [3.8, 4) is 17.1 Å². The van der Waals surface area contributed by atoms with Gasteiger partial charge in [0.2, 0.25) is 11.7 Å². The van der Waals surface area contributed by atoms with Crippen molar-refractivity contribution in [1.29, 1.82) is 0 Å². The molecular formula is C23H22N4O2. The zero-order chi connectivity index (χ0) is 19.6. The van der Waals surface area contributed by atoms with Crippen LogP contribution in [0.25, 0.3) is 11.4 Å². The average molecular weight is 386 g/mol. The number of hydrogen-bond acceptors (Lipinski definition) is 5. The van der Waals surface area contributed by atoms with E-state index < -0.39 is 0 Å². The second-order valence-corrected chi connectivity index (χ2v) is 7.15. The van der Waals surface area contributed by atoms with Crippen molar-refractivity contribution >= 4 is 0 Å². The summed E-state index contributed by atoms with van der Waals surface area (Å²) in [6, 6.07) is 22.7. The van der Waals surface area contributed by atoms with Crippen LogP contribution < -0.4 is 4.74 Å². The lowest BCUT2D eigenvalue weighted by molar-refractivity contribution is 0.154. The fourth-order valence-electron chi connectivity index (χ4n) is 3.97. The van der Waals surface area contributed by atoms with Gasteiger partial charge in [0.25, 0.3) is 0 Å². The Morgan fingerprint density at radius 3 is 2.62 bits per heavy atom. The summed E-state index contributed by atoms with van der Waals surface area (Å²) < 4.78 is 13.1. The molecule has 0 aliphatic carbocycles. The van der Waals surface area contributed by atoms with Crippen LogP contribution in [0.4, 0.5) is 0 Å². The molecule has 0 amide bonds. The fourth-order valence-corrected chi connectivity index (χ4v) is 3.97. The summed E-state index contributed by atoms with van der Waals surface area (Å²) in [5.74, 6) is 2.02. The van der Waals surface area contributed by atoms with Crippen LogP contribution in [-0.4, -0.2) is 33.3 Å². The minimum Gasteiger partial charge on any atom is -0.497 e. The Labute approximate surface area is 169 Å². The molecule has 5 rings (SSSR count). The summed E-state index contributed by atoms with van der Waals surface area (Å²) in [6.07, 6.45) is 2.15. The molecule has 0 spiro atoms. The standard InChI is InChI=1S/C23H22N4O2/c1-28-19-11-9-18(10-12-19)23-24-21(29-25-23)16-27-15-14-26-13-5-8-20(26)22(27)17-6-3-2-4-7-17/h2-13,22H,14-16H2,1H3. The first-order chi connectivity index (χ1) is 14.3. The van der Waals surface area contributed by atoms with E-state index in [0.29, 0.717) is 18.3 Å². The third kappa shape index (κ3) is 3.43. The molecule has 6 nitrogen and oxygen atoms in total. The SMILES string of the molecule is COc1ccc(-c2noc(CN3CCn4cccc4C3c3ccccc3)n2)cc1. The molecular weight excluding hydrogens is 364 g/mol. The summed E-state index contributed by atoms with van der Waals surface area (Å²) in [5, 5.41) is 4.18. The van der Waals surface area contributed by atoms with Crippen LogP contribution >= 0.6 is 0 Å². The van der Waals surface area contributed by atoms with E-state index in [4.69, 9.17) is 9.26 Å². The van der Waals surface area contributed by atoms with E-state index in [1.54, 1.807) is 7.11 Å². The Morgan fingerprint density at radius 2 is 1.83 bits per heavy atom. The van der Waals surface area contributed by atoms with Gasteiger partial charge < -0.3 is 13.8 Å². The number of rotatable bonds is 5. The molecule has 1 atom stereocenters. The van der Waals surface area contributed by atoms with Gasteiger partial charge >= 0.3 is 0 Å². The highest BCUT2D eigenvalue weighted by Gasteiger charge is 2.30. The van der Waals surface area contributed by atoms with E-state index in [2.05, 4.69) is 68.3 Å². The molecule has 0 radical (unpaired) electrons. The van der Waals surface area contributed by atoms with Gasteiger partial charge in [-0.25, -0.2) is 0 Å². The summed E-state index contributed by atoms with van der Waals surface area (Å²) in [7, 11) is 1.65. The van der Waals surface area contributed by atoms with Gasteiger partial charge in [-0.1, -0.05) is 35.5 Å². The maximum absolute atomic E-state index is 5.59. The van der Waals surface area contributed by atoms with Gasteiger partial charge in [-0.3, -0.25) is 4.90 Å². The molecule has 3 heterocycles. The van der Waals surface area contributed by atoms with Crippen molar-refractivity contribution < 1.29 is 9.26 Å². The number of aromatic nitrogens is 3. The largest absolute Gasteiger partial charge is 0.497 e. The van der Waals surface area contributed by atoms with E-state index >= 15 is 0 Å². The molecule has 29 heavy (non-hydrogen) atoms. The molecule has 0 saturated heterocycles. The lowest BCUT2D eigenvalue weighted by Crippen LogP contribution is -2.38. The van der Waals surface area contributed by atoms with Crippen molar-refractivity contribution in [2.75, 3.05) is 13.7 Å². The van der Waals surface area contributed by atoms with E-state index in [1.807, 2.05) is 24.3 Å². The van der Waals surface area contributed by atoms with E-state index in [0.717, 1.165) is 24.4 Å². The van der Waals surface area contributed by atoms with Crippen molar-refractivity contribution in [3.63, 3.8) is 0 Å². The van der Waals surface area contributed by atoms with Crippen LogP contribution in [0.3, 0.4) is 0 Å². The highest BCUT2D eigenvalue weighted by Crippen LogP contribution is 2.33. The number of hydrogen-bond donors (Lipinski definition) is 0. The molecule has 146 valence electrons. The van der Waals surface area contributed by atoms with E-state index in [1.165, 1.54) is 11.3 Å². The van der Waals surface area contributed by atoms with E-state index in [-0.39, 0.29) is 6.04 Å². The van der Waals surface area contributed by atoms with Gasteiger partial charge in [-0.2, -0.15) is 4.98 Å². The predicted octanol–water partition coefficient (Wildman–Crippen LogP) is 4.15. The molecule has 0 fully saturated rings. The molecule has 2 aromatic heterocycles. The lowest BCUT2D eigenvalue weighted by atomic mass is 10.00. The molecule has 4 aromatic rings. The molecule has 6 heteroatoms. The number of nitrogens with zero attached hydrogens (tertiary/aromatic N) is 4. The fraction of sp³-hybridized carbons (Fsp3) is 0.217. The molecule has 0 saturated carbocycles. The Bertz CT molecular complexity index is 1090. The minimum absolute atomic E-state index is 0.163. The van der Waals surface area contributed by atoms with Crippen molar-refractivity contribution in [1.82, 2.24) is 19.6 Å². The van der Waals surface area contributed by atoms with Crippen molar-refractivity contribution in [3.05, 3.63) is 90.1 Å². The topological polar surface area (TPSA) is 56.3 Å². The number of fused-ring (bicyclic) bond motifs is 1. The molecule has 0 bridgehead atoms. The molecule has 1 aliphatic heterocycles. The van der Waals surface area contributed by atoms with Crippen LogP contribution in [0.5, 0.6) is 5.75 Å². The first-order valence-corrected chi connectivity index (χ1v) is 9.73. The summed E-state index contributed by atoms with van der Waals surface area (Å²) in [4.78, 5) is 7.03. The number of methoxy groups -OCH3 is 1. The second-order valence-electron chi connectivity index (χ2n) is 7.15. The van der Waals surface area contributed by atoms with Crippen molar-refractivity contribution in [2.45, 2.75) is 19.1 Å². The van der Waals surface area contributed by atoms with Crippen LogP contribution in [0, 0.1) is 0 Å². The smallest absolute Gasteiger partial charge is 0.241 e. The second kappa shape index (κ2) is 7.56. The van der Waals surface area contributed by atoms with Crippen LogP contribution in [0.15, 0.2) is 77.4 Å². The quantitative estimate of drug-likeness (QED) is 0.516. The Balaban J connectivity index is 1.41. The predicted molar refractivity (Wildman–Crippen MR) is 109 cm³/mol. The van der Waals surface area contributed by atoms with Crippen molar-refractivity contribution in [2.24, 2.45) is 0 Å². The molecule has 2 aromatic carbocycles. The maximum Gasteiger partial charge on any atom is 0.241 e. The van der Waals surface area contributed by atoms with Gasteiger partial charge in [0.15, 0.2) is 0 Å². The Kier molecular flexibility index (Phi) is 4.62.